The number of halogens is 1. The number of hydrogen-bond acceptors (Lipinski definition) is 3. The average molecular weight is 419 g/mol. The van der Waals surface area contributed by atoms with Crippen LogP contribution in [0.5, 0.6) is 0 Å². The molecule has 0 saturated carbocycles. The summed E-state index contributed by atoms with van der Waals surface area (Å²) in [6.45, 7) is 1.05. The van der Waals surface area contributed by atoms with Crippen molar-refractivity contribution in [2.45, 2.75) is 19.4 Å². The number of rotatable bonds is 6. The molecule has 3 rings (SSSR count). The van der Waals surface area contributed by atoms with Crippen LogP contribution in [0, 0.1) is 5.92 Å². The van der Waals surface area contributed by atoms with Crippen molar-refractivity contribution in [3.8, 4) is 0 Å². The van der Waals surface area contributed by atoms with Crippen LogP contribution in [0.3, 0.4) is 0 Å². The number of benzene rings is 2. The van der Waals surface area contributed by atoms with E-state index in [1.165, 1.54) is 9.71 Å². The highest BCUT2D eigenvalue weighted by Gasteiger charge is 2.29. The number of nitrogens with one attached hydrogen (secondary N) is 1. The summed E-state index contributed by atoms with van der Waals surface area (Å²) in [5.74, 6) is -0.246. The minimum Gasteiger partial charge on any atom is -0.352 e. The number of amides is 1. The SMILES string of the molecule is O=C(NCc1ccccc1Cl)C1CCN(S(=O)(=O)/C=C/c2ccccc2)CC1. The highest BCUT2D eigenvalue weighted by atomic mass is 35.5. The van der Waals surface area contributed by atoms with Gasteiger partial charge >= 0.3 is 0 Å². The Morgan fingerprint density at radius 1 is 1.07 bits per heavy atom. The highest BCUT2D eigenvalue weighted by Crippen LogP contribution is 2.22. The highest BCUT2D eigenvalue weighted by molar-refractivity contribution is 7.92. The lowest BCUT2D eigenvalue weighted by Gasteiger charge is -2.29. The Morgan fingerprint density at radius 3 is 2.39 bits per heavy atom. The smallest absolute Gasteiger partial charge is 0.236 e. The Bertz CT molecular complexity index is 937. The molecule has 1 amide bonds. The van der Waals surface area contributed by atoms with E-state index in [1.54, 1.807) is 12.1 Å². The van der Waals surface area contributed by atoms with E-state index in [0.717, 1.165) is 11.1 Å². The molecule has 148 valence electrons. The summed E-state index contributed by atoms with van der Waals surface area (Å²) in [6.07, 6.45) is 2.61. The van der Waals surface area contributed by atoms with Gasteiger partial charge < -0.3 is 5.32 Å². The minimum atomic E-state index is -3.49. The van der Waals surface area contributed by atoms with Crippen molar-refractivity contribution in [3.63, 3.8) is 0 Å². The van der Waals surface area contributed by atoms with Crippen molar-refractivity contribution >= 4 is 33.6 Å². The maximum absolute atomic E-state index is 12.5. The second kappa shape index (κ2) is 9.37. The lowest BCUT2D eigenvalue weighted by atomic mass is 9.97. The summed E-state index contributed by atoms with van der Waals surface area (Å²) in [6, 6.07) is 16.7. The molecule has 1 heterocycles. The number of carbonyl (C=O) groups is 1. The second-order valence-corrected chi connectivity index (χ2v) is 8.97. The summed E-state index contributed by atoms with van der Waals surface area (Å²) in [4.78, 5) is 12.4. The first-order valence-corrected chi connectivity index (χ1v) is 11.1. The standard InChI is InChI=1S/C21H23ClN2O3S/c22-20-9-5-4-8-19(20)16-23-21(25)18-10-13-24(14-11-18)28(26,27)15-12-17-6-2-1-3-7-17/h1-9,12,15,18H,10-11,13-14,16H2,(H,23,25)/b15-12+. The molecule has 1 aliphatic heterocycles. The molecule has 1 N–H and O–H groups in total. The van der Waals surface area contributed by atoms with Gasteiger partial charge in [0.2, 0.25) is 15.9 Å². The second-order valence-electron chi connectivity index (χ2n) is 6.74. The van der Waals surface area contributed by atoms with Gasteiger partial charge in [-0.05, 0) is 36.1 Å². The molecule has 2 aromatic rings. The molecule has 28 heavy (non-hydrogen) atoms. The van der Waals surface area contributed by atoms with Crippen LogP contribution >= 0.6 is 11.6 Å². The van der Waals surface area contributed by atoms with Gasteiger partial charge in [-0.1, -0.05) is 60.1 Å². The van der Waals surface area contributed by atoms with Crippen LogP contribution < -0.4 is 5.32 Å². The molecule has 0 atom stereocenters. The molecule has 7 heteroatoms. The fourth-order valence-electron chi connectivity index (χ4n) is 3.16. The van der Waals surface area contributed by atoms with Gasteiger partial charge in [0.15, 0.2) is 0 Å². The average Bonchev–Trinajstić information content (AvgIpc) is 2.72. The molecule has 0 unspecified atom stereocenters. The van der Waals surface area contributed by atoms with E-state index in [0.29, 0.717) is 37.5 Å². The van der Waals surface area contributed by atoms with E-state index < -0.39 is 10.0 Å². The van der Waals surface area contributed by atoms with Crippen molar-refractivity contribution in [2.75, 3.05) is 13.1 Å². The van der Waals surface area contributed by atoms with Crippen LogP contribution in [0.15, 0.2) is 60.0 Å². The maximum atomic E-state index is 12.5. The zero-order valence-corrected chi connectivity index (χ0v) is 17.0. The van der Waals surface area contributed by atoms with E-state index in [2.05, 4.69) is 5.32 Å². The molecule has 0 bridgehead atoms. The quantitative estimate of drug-likeness (QED) is 0.778. The van der Waals surface area contributed by atoms with Crippen LogP contribution in [0.2, 0.25) is 5.02 Å². The number of carbonyl (C=O) groups excluding carboxylic acids is 1. The van der Waals surface area contributed by atoms with E-state index in [-0.39, 0.29) is 11.8 Å². The zero-order chi connectivity index (χ0) is 20.0. The topological polar surface area (TPSA) is 66.5 Å². The van der Waals surface area contributed by atoms with E-state index >= 15 is 0 Å². The van der Waals surface area contributed by atoms with E-state index in [1.807, 2.05) is 48.5 Å². The van der Waals surface area contributed by atoms with Gasteiger partial charge in [-0.3, -0.25) is 4.79 Å². The summed E-state index contributed by atoms with van der Waals surface area (Å²) >= 11 is 6.11. The maximum Gasteiger partial charge on any atom is 0.236 e. The van der Waals surface area contributed by atoms with Gasteiger partial charge in [0, 0.05) is 36.0 Å². The Kier molecular flexibility index (Phi) is 6.88. The van der Waals surface area contributed by atoms with E-state index in [9.17, 15) is 13.2 Å². The molecule has 2 aromatic carbocycles. The van der Waals surface area contributed by atoms with Crippen molar-refractivity contribution < 1.29 is 13.2 Å². The van der Waals surface area contributed by atoms with Crippen LogP contribution in [0.25, 0.3) is 6.08 Å². The first-order chi connectivity index (χ1) is 13.5. The lowest BCUT2D eigenvalue weighted by Crippen LogP contribution is -2.42. The molecule has 1 fully saturated rings. The molecular formula is C21H23ClN2O3S. The van der Waals surface area contributed by atoms with Gasteiger partial charge in [-0.15, -0.1) is 0 Å². The fourth-order valence-corrected chi connectivity index (χ4v) is 4.58. The monoisotopic (exact) mass is 418 g/mol. The van der Waals surface area contributed by atoms with Gasteiger partial charge in [0.1, 0.15) is 0 Å². The number of hydrogen-bond donors (Lipinski definition) is 1. The summed E-state index contributed by atoms with van der Waals surface area (Å²) in [5.41, 5.74) is 1.70. The van der Waals surface area contributed by atoms with Crippen molar-refractivity contribution in [1.29, 1.82) is 0 Å². The van der Waals surface area contributed by atoms with Crippen LogP contribution in [-0.4, -0.2) is 31.7 Å². The van der Waals surface area contributed by atoms with Crippen LogP contribution in [0.4, 0.5) is 0 Å². The first kappa shape index (κ1) is 20.6. The summed E-state index contributed by atoms with van der Waals surface area (Å²) in [7, 11) is -3.49. The van der Waals surface area contributed by atoms with Crippen molar-refractivity contribution in [1.82, 2.24) is 9.62 Å². The predicted molar refractivity (Wildman–Crippen MR) is 112 cm³/mol. The third-order valence-electron chi connectivity index (χ3n) is 4.83. The van der Waals surface area contributed by atoms with Crippen molar-refractivity contribution in [2.24, 2.45) is 5.92 Å². The molecule has 5 nitrogen and oxygen atoms in total. The molecular weight excluding hydrogens is 396 g/mol. The fraction of sp³-hybridized carbons (Fsp3) is 0.286. The first-order valence-electron chi connectivity index (χ1n) is 9.20. The Morgan fingerprint density at radius 2 is 1.71 bits per heavy atom. The van der Waals surface area contributed by atoms with Gasteiger partial charge in [-0.25, -0.2) is 8.42 Å². The van der Waals surface area contributed by atoms with Crippen LogP contribution in [-0.2, 0) is 21.4 Å². The normalized spacial score (nSPS) is 16.3. The lowest BCUT2D eigenvalue weighted by molar-refractivity contribution is -0.126. The summed E-state index contributed by atoms with van der Waals surface area (Å²) in [5, 5.41) is 4.76. The predicted octanol–water partition coefficient (Wildman–Crippen LogP) is 3.67. The van der Waals surface area contributed by atoms with Crippen molar-refractivity contribution in [3.05, 3.63) is 76.2 Å². The molecule has 1 saturated heterocycles. The molecule has 0 radical (unpaired) electrons. The number of nitrogens with zero attached hydrogens (tertiary/aromatic N) is 1. The Hall–Kier alpha value is -2.15. The van der Waals surface area contributed by atoms with E-state index in [4.69, 9.17) is 11.6 Å². The minimum absolute atomic E-state index is 0.0585. The summed E-state index contributed by atoms with van der Waals surface area (Å²) < 4.78 is 26.4. The molecule has 0 aromatic heterocycles. The molecule has 1 aliphatic rings. The Labute approximate surface area is 171 Å². The largest absolute Gasteiger partial charge is 0.352 e. The zero-order valence-electron chi connectivity index (χ0n) is 15.4. The number of piperidine rings is 1. The van der Waals surface area contributed by atoms with Crippen LogP contribution in [0.1, 0.15) is 24.0 Å². The third-order valence-corrected chi connectivity index (χ3v) is 6.76. The van der Waals surface area contributed by atoms with Gasteiger partial charge in [0.05, 0.1) is 0 Å². The van der Waals surface area contributed by atoms with Gasteiger partial charge in [0.25, 0.3) is 0 Å². The molecule has 0 aliphatic carbocycles. The number of sulfonamides is 1. The van der Waals surface area contributed by atoms with Gasteiger partial charge in [-0.2, -0.15) is 4.31 Å². The Balaban J connectivity index is 1.51. The molecule has 0 spiro atoms. The third kappa shape index (κ3) is 5.44.